The Balaban J connectivity index is 1.65. The fourth-order valence-electron chi connectivity index (χ4n) is 2.20. The van der Waals surface area contributed by atoms with Crippen LogP contribution in [0.1, 0.15) is 23.3 Å². The smallest absolute Gasteiger partial charge is 0.271 e. The lowest BCUT2D eigenvalue weighted by atomic mass is 10.2. The van der Waals surface area contributed by atoms with Crippen LogP contribution in [0.2, 0.25) is 5.02 Å². The third-order valence-electron chi connectivity index (χ3n) is 3.62. The highest BCUT2D eigenvalue weighted by Gasteiger charge is 2.28. The number of carbonyl (C=O) groups is 1. The number of nitrogens with one attached hydrogen (secondary N) is 1. The molecular formula is C15H17ClN4O. The molecule has 110 valence electrons. The van der Waals surface area contributed by atoms with E-state index in [4.69, 9.17) is 17.3 Å². The van der Waals surface area contributed by atoms with Crippen LogP contribution < -0.4 is 11.1 Å². The van der Waals surface area contributed by atoms with Crippen molar-refractivity contribution in [2.45, 2.75) is 18.9 Å². The highest BCUT2D eigenvalue weighted by Crippen LogP contribution is 2.31. The molecule has 1 aromatic carbocycles. The fourth-order valence-corrected chi connectivity index (χ4v) is 2.38. The first-order valence-electron chi connectivity index (χ1n) is 6.99. The minimum absolute atomic E-state index is 0.0453. The minimum Gasteiger partial charge on any atom is -0.349 e. The van der Waals surface area contributed by atoms with Crippen molar-refractivity contribution in [2.24, 2.45) is 11.7 Å². The molecule has 1 saturated carbocycles. The number of amides is 1. The number of carbonyl (C=O) groups excluding carboxylic acids is 1. The Morgan fingerprint density at radius 2 is 2.29 bits per heavy atom. The van der Waals surface area contributed by atoms with E-state index in [2.05, 4.69) is 10.4 Å². The average molecular weight is 305 g/mol. The summed E-state index contributed by atoms with van der Waals surface area (Å²) in [4.78, 5) is 12.0. The molecule has 21 heavy (non-hydrogen) atoms. The summed E-state index contributed by atoms with van der Waals surface area (Å²) >= 11 is 5.95. The monoisotopic (exact) mass is 304 g/mol. The first-order valence-corrected chi connectivity index (χ1v) is 7.36. The van der Waals surface area contributed by atoms with E-state index >= 15 is 0 Å². The summed E-state index contributed by atoms with van der Waals surface area (Å²) in [5.74, 6) is 0.362. The molecule has 1 aliphatic rings. The second kappa shape index (κ2) is 5.87. The minimum atomic E-state index is -0.202. The molecule has 1 aliphatic carbocycles. The van der Waals surface area contributed by atoms with Crippen LogP contribution in [0.5, 0.6) is 0 Å². The zero-order valence-corrected chi connectivity index (χ0v) is 12.3. The number of benzene rings is 1. The van der Waals surface area contributed by atoms with Gasteiger partial charge in [0.15, 0.2) is 5.69 Å². The Morgan fingerprint density at radius 3 is 3.00 bits per heavy atom. The summed E-state index contributed by atoms with van der Waals surface area (Å²) in [5, 5.41) is 7.72. The number of nitrogens with zero attached hydrogens (tertiary/aromatic N) is 2. The highest BCUT2D eigenvalue weighted by atomic mass is 35.5. The SMILES string of the molecule is NC(CNC(=O)c1ccn(-c2cccc(Cl)c2)n1)C1CC1. The van der Waals surface area contributed by atoms with Gasteiger partial charge in [-0.3, -0.25) is 4.79 Å². The molecule has 1 amide bonds. The van der Waals surface area contributed by atoms with E-state index in [1.165, 1.54) is 12.8 Å². The number of hydrogen-bond acceptors (Lipinski definition) is 3. The molecule has 6 heteroatoms. The quantitative estimate of drug-likeness (QED) is 0.887. The number of hydrogen-bond donors (Lipinski definition) is 2. The standard InChI is InChI=1S/C15H17ClN4O/c16-11-2-1-3-12(8-11)20-7-6-14(19-20)15(21)18-9-13(17)10-4-5-10/h1-3,6-8,10,13H,4-5,9,17H2,(H,18,21). The maximum atomic E-state index is 12.0. The average Bonchev–Trinajstić information content (AvgIpc) is 3.21. The van der Waals surface area contributed by atoms with Gasteiger partial charge in [-0.05, 0) is 43.0 Å². The van der Waals surface area contributed by atoms with Gasteiger partial charge in [-0.25, -0.2) is 4.68 Å². The molecular weight excluding hydrogens is 288 g/mol. The van der Waals surface area contributed by atoms with E-state index in [1.54, 1.807) is 29.1 Å². The predicted octanol–water partition coefficient (Wildman–Crippen LogP) is 1.99. The Bertz CT molecular complexity index is 651. The van der Waals surface area contributed by atoms with Gasteiger partial charge in [0, 0.05) is 23.8 Å². The van der Waals surface area contributed by atoms with E-state index in [0.717, 1.165) is 5.69 Å². The lowest BCUT2D eigenvalue weighted by Crippen LogP contribution is -2.38. The fraction of sp³-hybridized carbons (Fsp3) is 0.333. The van der Waals surface area contributed by atoms with Crippen LogP contribution in [0.25, 0.3) is 5.69 Å². The van der Waals surface area contributed by atoms with Crippen molar-refractivity contribution in [3.63, 3.8) is 0 Å². The zero-order chi connectivity index (χ0) is 14.8. The first kappa shape index (κ1) is 14.1. The summed E-state index contributed by atoms with van der Waals surface area (Å²) < 4.78 is 1.63. The summed E-state index contributed by atoms with van der Waals surface area (Å²) in [5.41, 5.74) is 7.15. The molecule has 0 saturated heterocycles. The summed E-state index contributed by atoms with van der Waals surface area (Å²) in [6.45, 7) is 0.494. The maximum Gasteiger partial charge on any atom is 0.271 e. The number of aromatic nitrogens is 2. The van der Waals surface area contributed by atoms with Gasteiger partial charge < -0.3 is 11.1 Å². The van der Waals surface area contributed by atoms with Crippen LogP contribution >= 0.6 is 11.6 Å². The Hall–Kier alpha value is -1.85. The van der Waals surface area contributed by atoms with Gasteiger partial charge in [0.05, 0.1) is 5.69 Å². The molecule has 2 aromatic rings. The van der Waals surface area contributed by atoms with E-state index in [9.17, 15) is 4.79 Å². The molecule has 0 spiro atoms. The number of rotatable bonds is 5. The Kier molecular flexibility index (Phi) is 3.94. The predicted molar refractivity (Wildman–Crippen MR) is 81.6 cm³/mol. The lowest BCUT2D eigenvalue weighted by molar-refractivity contribution is 0.0945. The van der Waals surface area contributed by atoms with E-state index in [-0.39, 0.29) is 11.9 Å². The topological polar surface area (TPSA) is 72.9 Å². The van der Waals surface area contributed by atoms with Crippen molar-refractivity contribution in [1.82, 2.24) is 15.1 Å². The highest BCUT2D eigenvalue weighted by molar-refractivity contribution is 6.30. The normalized spacial score (nSPS) is 15.7. The van der Waals surface area contributed by atoms with Crippen LogP contribution in [0.15, 0.2) is 36.5 Å². The van der Waals surface area contributed by atoms with Crippen LogP contribution in [0.4, 0.5) is 0 Å². The third kappa shape index (κ3) is 3.43. The van der Waals surface area contributed by atoms with Crippen molar-refractivity contribution in [2.75, 3.05) is 6.54 Å². The molecule has 0 aliphatic heterocycles. The second-order valence-corrected chi connectivity index (χ2v) is 5.77. The first-order chi connectivity index (χ1) is 10.1. The Labute approximate surface area is 128 Å². The van der Waals surface area contributed by atoms with Crippen molar-refractivity contribution in [3.05, 3.63) is 47.2 Å². The molecule has 1 aromatic heterocycles. The summed E-state index contributed by atoms with van der Waals surface area (Å²) in [7, 11) is 0. The molecule has 0 radical (unpaired) electrons. The summed E-state index contributed by atoms with van der Waals surface area (Å²) in [6, 6.07) is 9.03. The molecule has 1 atom stereocenters. The van der Waals surface area contributed by atoms with Crippen LogP contribution in [-0.2, 0) is 0 Å². The molecule has 1 fully saturated rings. The van der Waals surface area contributed by atoms with Gasteiger partial charge in [-0.2, -0.15) is 5.10 Å². The van der Waals surface area contributed by atoms with E-state index in [0.29, 0.717) is 23.2 Å². The van der Waals surface area contributed by atoms with Crippen LogP contribution in [0.3, 0.4) is 0 Å². The van der Waals surface area contributed by atoms with Crippen molar-refractivity contribution < 1.29 is 4.79 Å². The Morgan fingerprint density at radius 1 is 1.48 bits per heavy atom. The van der Waals surface area contributed by atoms with Crippen molar-refractivity contribution in [3.8, 4) is 5.69 Å². The van der Waals surface area contributed by atoms with E-state index in [1.807, 2.05) is 12.1 Å². The van der Waals surface area contributed by atoms with Gasteiger partial charge in [0.25, 0.3) is 5.91 Å². The molecule has 1 unspecified atom stereocenters. The number of nitrogens with two attached hydrogens (primary N) is 1. The van der Waals surface area contributed by atoms with Gasteiger partial charge in [0.2, 0.25) is 0 Å². The molecule has 1 heterocycles. The largest absolute Gasteiger partial charge is 0.349 e. The molecule has 0 bridgehead atoms. The lowest BCUT2D eigenvalue weighted by Gasteiger charge is -2.10. The molecule has 3 rings (SSSR count). The van der Waals surface area contributed by atoms with Gasteiger partial charge in [-0.15, -0.1) is 0 Å². The second-order valence-electron chi connectivity index (χ2n) is 5.34. The van der Waals surface area contributed by atoms with E-state index < -0.39 is 0 Å². The van der Waals surface area contributed by atoms with Gasteiger partial charge in [-0.1, -0.05) is 17.7 Å². The van der Waals surface area contributed by atoms with Gasteiger partial charge in [0.1, 0.15) is 0 Å². The van der Waals surface area contributed by atoms with Crippen LogP contribution in [-0.4, -0.2) is 28.3 Å². The van der Waals surface area contributed by atoms with Gasteiger partial charge >= 0.3 is 0 Å². The summed E-state index contributed by atoms with van der Waals surface area (Å²) in [6.07, 6.45) is 4.07. The van der Waals surface area contributed by atoms with Crippen LogP contribution in [0, 0.1) is 5.92 Å². The third-order valence-corrected chi connectivity index (χ3v) is 3.86. The van der Waals surface area contributed by atoms with Crippen molar-refractivity contribution >= 4 is 17.5 Å². The number of halogens is 1. The molecule has 5 nitrogen and oxygen atoms in total. The van der Waals surface area contributed by atoms with Crippen molar-refractivity contribution in [1.29, 1.82) is 0 Å². The maximum absolute atomic E-state index is 12.0. The zero-order valence-electron chi connectivity index (χ0n) is 11.5. The molecule has 3 N–H and O–H groups in total.